The molecule has 0 radical (unpaired) electrons. The molecule has 0 saturated heterocycles. The highest BCUT2D eigenvalue weighted by Crippen LogP contribution is 2.17. The smallest absolute Gasteiger partial charge is 0.253 e. The van der Waals surface area contributed by atoms with Crippen LogP contribution in [0.3, 0.4) is 0 Å². The lowest BCUT2D eigenvalue weighted by Crippen LogP contribution is -2.23. The predicted molar refractivity (Wildman–Crippen MR) is 57.1 cm³/mol. The lowest BCUT2D eigenvalue weighted by molar-refractivity contribution is -0.117. The minimum Gasteiger partial charge on any atom is -0.398 e. The summed E-state index contributed by atoms with van der Waals surface area (Å²) in [5.41, 5.74) is 11.9. The van der Waals surface area contributed by atoms with Gasteiger partial charge < -0.3 is 16.8 Å². The number of nitrogens with two attached hydrogens (primary N) is 2. The lowest BCUT2D eigenvalue weighted by Gasteiger charge is -2.09. The average Bonchev–Trinajstić information content (AvgIpc) is 2.16. The number of amides is 2. The summed E-state index contributed by atoms with van der Waals surface area (Å²) >= 11 is 0. The van der Waals surface area contributed by atoms with E-state index in [1.54, 1.807) is 18.2 Å². The Morgan fingerprint density at radius 1 is 1.40 bits per heavy atom. The first-order valence-electron chi connectivity index (χ1n) is 4.44. The standard InChI is InChI=1S/C10H13N3O2/c1-13-10(15)9-6(5-8(12)14)3-2-4-7(9)11/h2-4H,5,11H2,1H3,(H2,12,14)(H,13,15). The highest BCUT2D eigenvalue weighted by Gasteiger charge is 2.14. The van der Waals surface area contributed by atoms with Crippen LogP contribution < -0.4 is 16.8 Å². The van der Waals surface area contributed by atoms with Gasteiger partial charge in [0.1, 0.15) is 0 Å². The molecular weight excluding hydrogens is 194 g/mol. The topological polar surface area (TPSA) is 98.2 Å². The maximum absolute atomic E-state index is 11.5. The molecule has 0 aliphatic carbocycles. The van der Waals surface area contributed by atoms with Gasteiger partial charge in [-0.25, -0.2) is 0 Å². The summed E-state index contributed by atoms with van der Waals surface area (Å²) in [7, 11) is 1.50. The molecular formula is C10H13N3O2. The first-order chi connectivity index (χ1) is 7.06. The number of hydrogen-bond donors (Lipinski definition) is 3. The Hall–Kier alpha value is -2.04. The minimum atomic E-state index is -0.495. The first kappa shape index (κ1) is 11.0. The molecule has 0 aromatic heterocycles. The van der Waals surface area contributed by atoms with E-state index < -0.39 is 5.91 Å². The third kappa shape index (κ3) is 2.46. The zero-order valence-corrected chi connectivity index (χ0v) is 8.41. The lowest BCUT2D eigenvalue weighted by atomic mass is 10.0. The molecule has 0 saturated carbocycles. The van der Waals surface area contributed by atoms with Gasteiger partial charge in [-0.15, -0.1) is 0 Å². The molecule has 15 heavy (non-hydrogen) atoms. The number of anilines is 1. The molecule has 0 bridgehead atoms. The van der Waals surface area contributed by atoms with Crippen molar-refractivity contribution in [1.29, 1.82) is 0 Å². The number of carbonyl (C=O) groups excluding carboxylic acids is 2. The number of rotatable bonds is 3. The number of nitrogen functional groups attached to an aromatic ring is 1. The van der Waals surface area contributed by atoms with E-state index in [1.165, 1.54) is 7.05 Å². The number of carbonyl (C=O) groups is 2. The molecule has 5 heteroatoms. The van der Waals surface area contributed by atoms with Crippen LogP contribution in [0.5, 0.6) is 0 Å². The van der Waals surface area contributed by atoms with Crippen molar-refractivity contribution in [2.75, 3.05) is 12.8 Å². The Bertz CT molecular complexity index is 402. The summed E-state index contributed by atoms with van der Waals surface area (Å²) < 4.78 is 0. The van der Waals surface area contributed by atoms with Crippen molar-refractivity contribution in [3.05, 3.63) is 29.3 Å². The van der Waals surface area contributed by atoms with E-state index in [0.717, 1.165) is 0 Å². The Morgan fingerprint density at radius 2 is 2.07 bits per heavy atom. The first-order valence-corrected chi connectivity index (χ1v) is 4.44. The summed E-state index contributed by atoms with van der Waals surface area (Å²) in [5, 5.41) is 2.46. The molecule has 1 rings (SSSR count). The van der Waals surface area contributed by atoms with Crippen molar-refractivity contribution in [3.63, 3.8) is 0 Å². The Labute approximate surface area is 87.4 Å². The number of primary amides is 1. The molecule has 2 amide bonds. The van der Waals surface area contributed by atoms with Crippen LogP contribution in [0.15, 0.2) is 18.2 Å². The fraction of sp³-hybridized carbons (Fsp3) is 0.200. The van der Waals surface area contributed by atoms with Crippen LogP contribution in [0.1, 0.15) is 15.9 Å². The highest BCUT2D eigenvalue weighted by atomic mass is 16.2. The monoisotopic (exact) mass is 207 g/mol. The summed E-state index contributed by atoms with van der Waals surface area (Å²) in [6.45, 7) is 0. The van der Waals surface area contributed by atoms with Gasteiger partial charge in [-0.2, -0.15) is 0 Å². The predicted octanol–water partition coefficient (Wildman–Crippen LogP) is -0.344. The van der Waals surface area contributed by atoms with Crippen molar-refractivity contribution in [2.45, 2.75) is 6.42 Å². The maximum atomic E-state index is 11.5. The van der Waals surface area contributed by atoms with E-state index in [0.29, 0.717) is 16.8 Å². The molecule has 0 aliphatic rings. The van der Waals surface area contributed by atoms with Gasteiger partial charge in [0.25, 0.3) is 5.91 Å². The zero-order chi connectivity index (χ0) is 11.4. The molecule has 0 heterocycles. The van der Waals surface area contributed by atoms with Crippen LogP contribution >= 0.6 is 0 Å². The fourth-order valence-electron chi connectivity index (χ4n) is 1.36. The van der Waals surface area contributed by atoms with Crippen LogP contribution in [0.4, 0.5) is 5.69 Å². The molecule has 1 aromatic carbocycles. The summed E-state index contributed by atoms with van der Waals surface area (Å²) in [5.74, 6) is -0.810. The largest absolute Gasteiger partial charge is 0.398 e. The van der Waals surface area contributed by atoms with Crippen molar-refractivity contribution in [2.24, 2.45) is 5.73 Å². The van der Waals surface area contributed by atoms with Crippen LogP contribution in [0.25, 0.3) is 0 Å². The molecule has 5 nitrogen and oxygen atoms in total. The average molecular weight is 207 g/mol. The van der Waals surface area contributed by atoms with Crippen molar-refractivity contribution in [1.82, 2.24) is 5.32 Å². The zero-order valence-electron chi connectivity index (χ0n) is 8.41. The molecule has 0 fully saturated rings. The van der Waals surface area contributed by atoms with E-state index in [1.807, 2.05) is 0 Å². The third-order valence-corrected chi connectivity index (χ3v) is 2.00. The molecule has 80 valence electrons. The quantitative estimate of drug-likeness (QED) is 0.591. The van der Waals surface area contributed by atoms with Crippen molar-refractivity contribution >= 4 is 17.5 Å². The van der Waals surface area contributed by atoms with Gasteiger partial charge in [-0.05, 0) is 11.6 Å². The summed E-state index contributed by atoms with van der Waals surface area (Å²) in [6, 6.07) is 4.95. The van der Waals surface area contributed by atoms with Crippen LogP contribution in [-0.2, 0) is 11.2 Å². The van der Waals surface area contributed by atoms with Gasteiger partial charge in [0.15, 0.2) is 0 Å². The SMILES string of the molecule is CNC(=O)c1c(N)cccc1CC(N)=O. The molecule has 0 atom stereocenters. The van der Waals surface area contributed by atoms with Crippen LogP contribution in [0.2, 0.25) is 0 Å². The molecule has 5 N–H and O–H groups in total. The van der Waals surface area contributed by atoms with Crippen LogP contribution in [-0.4, -0.2) is 18.9 Å². The second-order valence-electron chi connectivity index (χ2n) is 3.10. The fourth-order valence-corrected chi connectivity index (χ4v) is 1.36. The minimum absolute atomic E-state index is 0.00773. The Morgan fingerprint density at radius 3 is 2.60 bits per heavy atom. The molecule has 0 spiro atoms. The van der Waals surface area contributed by atoms with E-state index in [-0.39, 0.29) is 12.3 Å². The maximum Gasteiger partial charge on any atom is 0.253 e. The number of hydrogen-bond acceptors (Lipinski definition) is 3. The molecule has 0 aliphatic heterocycles. The van der Waals surface area contributed by atoms with E-state index >= 15 is 0 Å². The Balaban J connectivity index is 3.20. The summed E-state index contributed by atoms with van der Waals surface area (Å²) in [4.78, 5) is 22.3. The summed E-state index contributed by atoms with van der Waals surface area (Å²) in [6.07, 6.45) is 0.00773. The normalized spacial score (nSPS) is 9.67. The second kappa shape index (κ2) is 4.45. The Kier molecular flexibility index (Phi) is 3.28. The third-order valence-electron chi connectivity index (χ3n) is 2.00. The molecule has 0 unspecified atom stereocenters. The van der Waals surface area contributed by atoms with E-state index in [2.05, 4.69) is 5.32 Å². The van der Waals surface area contributed by atoms with Crippen LogP contribution in [0, 0.1) is 0 Å². The van der Waals surface area contributed by atoms with Gasteiger partial charge in [0, 0.05) is 12.7 Å². The number of benzene rings is 1. The van der Waals surface area contributed by atoms with Gasteiger partial charge in [0.2, 0.25) is 5.91 Å². The van der Waals surface area contributed by atoms with Crippen molar-refractivity contribution in [3.8, 4) is 0 Å². The van der Waals surface area contributed by atoms with Gasteiger partial charge in [0.05, 0.1) is 12.0 Å². The van der Waals surface area contributed by atoms with E-state index in [4.69, 9.17) is 11.5 Å². The van der Waals surface area contributed by atoms with Gasteiger partial charge in [-0.1, -0.05) is 12.1 Å². The van der Waals surface area contributed by atoms with Crippen molar-refractivity contribution < 1.29 is 9.59 Å². The molecule has 1 aromatic rings. The second-order valence-corrected chi connectivity index (χ2v) is 3.10. The van der Waals surface area contributed by atoms with Gasteiger partial charge in [-0.3, -0.25) is 9.59 Å². The van der Waals surface area contributed by atoms with Gasteiger partial charge >= 0.3 is 0 Å². The highest BCUT2D eigenvalue weighted by molar-refractivity contribution is 6.01. The number of nitrogens with one attached hydrogen (secondary N) is 1. The van der Waals surface area contributed by atoms with E-state index in [9.17, 15) is 9.59 Å².